The number of rotatable bonds is 6. The van der Waals surface area contributed by atoms with Gasteiger partial charge in [-0.15, -0.1) is 0 Å². The van der Waals surface area contributed by atoms with Gasteiger partial charge in [-0.25, -0.2) is 4.98 Å². The molecule has 1 aliphatic heterocycles. The highest BCUT2D eigenvalue weighted by atomic mass is 16.1. The first-order valence-corrected chi connectivity index (χ1v) is 10.3. The number of nitriles is 1. The van der Waals surface area contributed by atoms with Crippen LogP contribution in [-0.2, 0) is 17.9 Å². The van der Waals surface area contributed by atoms with E-state index in [2.05, 4.69) is 45.5 Å². The van der Waals surface area contributed by atoms with Crippen molar-refractivity contribution in [1.29, 1.82) is 5.26 Å². The molecule has 1 amide bonds. The van der Waals surface area contributed by atoms with Crippen LogP contribution in [0.15, 0.2) is 54.6 Å². The van der Waals surface area contributed by atoms with E-state index in [0.29, 0.717) is 12.2 Å². The molecule has 6 nitrogen and oxygen atoms in total. The van der Waals surface area contributed by atoms with Crippen LogP contribution in [0.3, 0.4) is 0 Å². The fraction of sp³-hybridized carbons (Fsp3) is 0.292. The van der Waals surface area contributed by atoms with Crippen molar-refractivity contribution in [2.24, 2.45) is 11.7 Å². The third-order valence-corrected chi connectivity index (χ3v) is 5.62. The molecule has 1 atom stereocenters. The van der Waals surface area contributed by atoms with E-state index in [-0.39, 0.29) is 11.8 Å². The quantitative estimate of drug-likeness (QED) is 0.662. The Morgan fingerprint density at radius 1 is 1.20 bits per heavy atom. The number of fused-ring (bicyclic) bond motifs is 1. The van der Waals surface area contributed by atoms with Gasteiger partial charge in [0.25, 0.3) is 0 Å². The number of aromatic nitrogens is 1. The molecule has 0 bridgehead atoms. The van der Waals surface area contributed by atoms with Gasteiger partial charge in [-0.05, 0) is 42.6 Å². The first-order valence-electron chi connectivity index (χ1n) is 10.3. The van der Waals surface area contributed by atoms with Gasteiger partial charge in [0.1, 0.15) is 11.8 Å². The highest BCUT2D eigenvalue weighted by molar-refractivity contribution is 5.91. The van der Waals surface area contributed by atoms with Crippen LogP contribution in [0.25, 0.3) is 10.9 Å². The minimum Gasteiger partial charge on any atom is -0.380 e. The van der Waals surface area contributed by atoms with Gasteiger partial charge in [-0.1, -0.05) is 42.5 Å². The molecule has 1 unspecified atom stereocenters. The molecule has 152 valence electrons. The maximum Gasteiger partial charge on any atom is 0.221 e. The van der Waals surface area contributed by atoms with E-state index < -0.39 is 0 Å². The second-order valence-electron chi connectivity index (χ2n) is 7.83. The second-order valence-corrected chi connectivity index (χ2v) is 7.83. The van der Waals surface area contributed by atoms with Crippen molar-refractivity contribution in [3.63, 3.8) is 0 Å². The summed E-state index contributed by atoms with van der Waals surface area (Å²) in [6.45, 7) is 3.19. The van der Waals surface area contributed by atoms with Crippen LogP contribution in [0.4, 0.5) is 5.69 Å². The Kier molecular flexibility index (Phi) is 5.92. The Balaban J connectivity index is 1.46. The van der Waals surface area contributed by atoms with Crippen LogP contribution in [0.5, 0.6) is 0 Å². The molecular weight excluding hydrogens is 374 g/mol. The molecule has 2 aromatic carbocycles. The van der Waals surface area contributed by atoms with E-state index >= 15 is 0 Å². The highest BCUT2D eigenvalue weighted by Gasteiger charge is 2.23. The monoisotopic (exact) mass is 399 g/mol. The van der Waals surface area contributed by atoms with E-state index in [9.17, 15) is 10.1 Å². The molecule has 3 aromatic rings. The molecule has 0 aliphatic carbocycles. The van der Waals surface area contributed by atoms with E-state index in [0.717, 1.165) is 54.6 Å². The van der Waals surface area contributed by atoms with Crippen LogP contribution >= 0.6 is 0 Å². The number of nitrogens with one attached hydrogen (secondary N) is 1. The normalized spacial score (nSPS) is 16.8. The zero-order chi connectivity index (χ0) is 20.9. The van der Waals surface area contributed by atoms with Gasteiger partial charge in [-0.3, -0.25) is 9.69 Å². The number of anilines is 1. The maximum absolute atomic E-state index is 11.5. The number of amides is 1. The van der Waals surface area contributed by atoms with Gasteiger partial charge in [0.2, 0.25) is 5.91 Å². The average Bonchev–Trinajstić information content (AvgIpc) is 2.77. The molecule has 6 heteroatoms. The average molecular weight is 399 g/mol. The first kappa shape index (κ1) is 19.9. The van der Waals surface area contributed by atoms with Crippen LogP contribution < -0.4 is 11.1 Å². The molecule has 3 N–H and O–H groups in total. The van der Waals surface area contributed by atoms with Crippen molar-refractivity contribution in [2.75, 3.05) is 18.4 Å². The van der Waals surface area contributed by atoms with Crippen molar-refractivity contribution in [3.05, 3.63) is 71.4 Å². The largest absolute Gasteiger partial charge is 0.380 e. The molecule has 30 heavy (non-hydrogen) atoms. The summed E-state index contributed by atoms with van der Waals surface area (Å²) in [5, 5.41) is 13.7. The van der Waals surface area contributed by atoms with Gasteiger partial charge in [0.15, 0.2) is 0 Å². The van der Waals surface area contributed by atoms with Gasteiger partial charge in [-0.2, -0.15) is 5.26 Å². The van der Waals surface area contributed by atoms with Gasteiger partial charge in [0.05, 0.1) is 11.4 Å². The summed E-state index contributed by atoms with van der Waals surface area (Å²) < 4.78 is 0. The molecule has 0 saturated carbocycles. The predicted octanol–water partition coefficient (Wildman–Crippen LogP) is 3.42. The molecular formula is C24H25N5O. The zero-order valence-electron chi connectivity index (χ0n) is 16.8. The number of carbonyl (C=O) groups is 1. The van der Waals surface area contributed by atoms with Crippen molar-refractivity contribution in [1.82, 2.24) is 9.88 Å². The number of hydrogen-bond donors (Lipinski definition) is 2. The van der Waals surface area contributed by atoms with E-state index in [1.807, 2.05) is 24.3 Å². The Morgan fingerprint density at radius 2 is 2.03 bits per heavy atom. The summed E-state index contributed by atoms with van der Waals surface area (Å²) in [5.41, 5.74) is 10.00. The lowest BCUT2D eigenvalue weighted by Gasteiger charge is -2.31. The second kappa shape index (κ2) is 8.93. The third-order valence-electron chi connectivity index (χ3n) is 5.62. The predicted molar refractivity (Wildman–Crippen MR) is 117 cm³/mol. The lowest BCUT2D eigenvalue weighted by molar-refractivity contribution is -0.123. The maximum atomic E-state index is 11.5. The molecule has 1 aliphatic rings. The Bertz CT molecular complexity index is 1100. The lowest BCUT2D eigenvalue weighted by Crippen LogP contribution is -2.40. The van der Waals surface area contributed by atoms with Gasteiger partial charge in [0, 0.05) is 30.7 Å². The molecule has 4 rings (SSSR count). The highest BCUT2D eigenvalue weighted by Crippen LogP contribution is 2.24. The third kappa shape index (κ3) is 4.58. The van der Waals surface area contributed by atoms with Crippen LogP contribution in [0.1, 0.15) is 29.7 Å². The van der Waals surface area contributed by atoms with E-state index in [1.54, 1.807) is 6.07 Å². The number of pyridine rings is 1. The number of nitrogens with zero attached hydrogens (tertiary/aromatic N) is 3. The van der Waals surface area contributed by atoms with Crippen molar-refractivity contribution >= 4 is 22.5 Å². The number of primary amides is 1. The van der Waals surface area contributed by atoms with E-state index in [1.165, 1.54) is 5.56 Å². The van der Waals surface area contributed by atoms with Crippen molar-refractivity contribution in [3.8, 4) is 6.07 Å². The Hall–Kier alpha value is -3.43. The molecule has 2 heterocycles. The van der Waals surface area contributed by atoms with Crippen LogP contribution in [0, 0.1) is 17.2 Å². The van der Waals surface area contributed by atoms with Gasteiger partial charge < -0.3 is 11.1 Å². The molecule has 0 radical (unpaired) electrons. The summed E-state index contributed by atoms with van der Waals surface area (Å²) in [6, 6.07) is 20.2. The Labute approximate surface area is 176 Å². The topological polar surface area (TPSA) is 95.0 Å². The first-order chi connectivity index (χ1) is 14.6. The molecule has 1 fully saturated rings. The summed E-state index contributed by atoms with van der Waals surface area (Å²) in [4.78, 5) is 18.2. The SMILES string of the molecule is N#Cc1cc(NCc2cccc(CN3CCCC(C(N)=O)C3)c2)c2ccccc2n1. The fourth-order valence-corrected chi connectivity index (χ4v) is 4.10. The smallest absolute Gasteiger partial charge is 0.221 e. The number of carbonyl (C=O) groups excluding carboxylic acids is 1. The van der Waals surface area contributed by atoms with Crippen LogP contribution in [-0.4, -0.2) is 28.9 Å². The minimum atomic E-state index is -0.195. The summed E-state index contributed by atoms with van der Waals surface area (Å²) in [7, 11) is 0. The van der Waals surface area contributed by atoms with Crippen molar-refractivity contribution < 1.29 is 4.79 Å². The van der Waals surface area contributed by atoms with E-state index in [4.69, 9.17) is 5.73 Å². The number of benzene rings is 2. The number of hydrogen-bond acceptors (Lipinski definition) is 5. The Morgan fingerprint density at radius 3 is 2.87 bits per heavy atom. The number of likely N-dealkylation sites (tertiary alicyclic amines) is 1. The summed E-state index contributed by atoms with van der Waals surface area (Å²) in [6.07, 6.45) is 1.89. The lowest BCUT2D eigenvalue weighted by atomic mass is 9.97. The minimum absolute atomic E-state index is 0.0436. The molecule has 0 spiro atoms. The van der Waals surface area contributed by atoms with Crippen LogP contribution in [0.2, 0.25) is 0 Å². The molecule has 1 aromatic heterocycles. The molecule has 1 saturated heterocycles. The van der Waals surface area contributed by atoms with Gasteiger partial charge >= 0.3 is 0 Å². The number of nitrogens with two attached hydrogens (primary N) is 1. The summed E-state index contributed by atoms with van der Waals surface area (Å²) in [5.74, 6) is -0.239. The number of para-hydroxylation sites is 1. The van der Waals surface area contributed by atoms with Crippen molar-refractivity contribution in [2.45, 2.75) is 25.9 Å². The standard InChI is InChI=1S/C24H25N5O/c25-13-20-12-23(21-8-1-2-9-22(21)28-20)27-14-17-5-3-6-18(11-17)15-29-10-4-7-19(16-29)24(26)30/h1-3,5-6,8-9,11-12,19H,4,7,10,14-16H2,(H2,26,30)(H,27,28). The zero-order valence-corrected chi connectivity index (χ0v) is 16.8. The fourth-order valence-electron chi connectivity index (χ4n) is 4.10. The number of piperidine rings is 1. The summed E-state index contributed by atoms with van der Waals surface area (Å²) >= 11 is 0.